The van der Waals surface area contributed by atoms with Crippen LogP contribution in [0.1, 0.15) is 42.3 Å². The third-order valence-electron chi connectivity index (χ3n) is 6.64. The van der Waals surface area contributed by atoms with Gasteiger partial charge in [-0.05, 0) is 38.0 Å². The highest BCUT2D eigenvalue weighted by atomic mass is 16.5. The van der Waals surface area contributed by atoms with E-state index in [-0.39, 0.29) is 35.1 Å². The highest BCUT2D eigenvalue weighted by molar-refractivity contribution is 5.97. The molecule has 7 nitrogen and oxygen atoms in total. The number of fused-ring (bicyclic) bond motifs is 2. The summed E-state index contributed by atoms with van der Waals surface area (Å²) in [6.07, 6.45) is 4.93. The number of amides is 1. The van der Waals surface area contributed by atoms with Gasteiger partial charge in [0.15, 0.2) is 0 Å². The molecular formula is C26H29N3O4. The van der Waals surface area contributed by atoms with Crippen molar-refractivity contribution in [2.75, 3.05) is 13.2 Å². The lowest BCUT2D eigenvalue weighted by molar-refractivity contribution is -0.0387. The molecule has 2 aliphatic rings. The Morgan fingerprint density at radius 1 is 1.21 bits per heavy atom. The maximum Gasteiger partial charge on any atom is 0.259 e. The molecule has 1 saturated heterocycles. The molecule has 1 fully saturated rings. The van der Waals surface area contributed by atoms with Gasteiger partial charge >= 0.3 is 0 Å². The summed E-state index contributed by atoms with van der Waals surface area (Å²) in [7, 11) is 0. The van der Waals surface area contributed by atoms with Crippen molar-refractivity contribution in [3.05, 3.63) is 69.6 Å². The normalized spacial score (nSPS) is 20.8. The summed E-state index contributed by atoms with van der Waals surface area (Å²) >= 11 is 0. The second kappa shape index (κ2) is 8.63. The minimum absolute atomic E-state index is 0.00977. The zero-order valence-electron chi connectivity index (χ0n) is 19.3. The maximum atomic E-state index is 13.4. The number of hydrogen-bond acceptors (Lipinski definition) is 5. The summed E-state index contributed by atoms with van der Waals surface area (Å²) in [6, 6.07) is 9.99. The number of carbonyl (C=O) groups excluding carboxylic acids is 1. The molecule has 0 N–H and O–H groups in total. The van der Waals surface area contributed by atoms with Crippen LogP contribution in [0.2, 0.25) is 0 Å². The van der Waals surface area contributed by atoms with E-state index in [0.29, 0.717) is 36.5 Å². The number of morpholine rings is 1. The van der Waals surface area contributed by atoms with Gasteiger partial charge in [0, 0.05) is 32.1 Å². The molecule has 33 heavy (non-hydrogen) atoms. The SMILES string of the molecule is CCn1cc(C(=O)N2C[C@@H](C)OCC2C)c(=O)c2cc(OC3Cc4ccccc4C3)cnc21. The van der Waals surface area contributed by atoms with Crippen molar-refractivity contribution in [3.63, 3.8) is 0 Å². The highest BCUT2D eigenvalue weighted by Gasteiger charge is 2.30. The van der Waals surface area contributed by atoms with Crippen LogP contribution >= 0.6 is 0 Å². The molecule has 3 heterocycles. The molecule has 0 bridgehead atoms. The van der Waals surface area contributed by atoms with Gasteiger partial charge in [-0.25, -0.2) is 4.98 Å². The van der Waals surface area contributed by atoms with E-state index >= 15 is 0 Å². The van der Waals surface area contributed by atoms with Gasteiger partial charge < -0.3 is 18.9 Å². The van der Waals surface area contributed by atoms with Crippen molar-refractivity contribution in [1.82, 2.24) is 14.5 Å². The van der Waals surface area contributed by atoms with Crippen LogP contribution in [0.3, 0.4) is 0 Å². The fourth-order valence-electron chi connectivity index (χ4n) is 4.85. The molecule has 7 heteroatoms. The molecule has 5 rings (SSSR count). The van der Waals surface area contributed by atoms with Crippen molar-refractivity contribution in [2.24, 2.45) is 0 Å². The summed E-state index contributed by atoms with van der Waals surface area (Å²) in [5, 5.41) is 0.407. The molecule has 1 aliphatic heterocycles. The fourth-order valence-corrected chi connectivity index (χ4v) is 4.85. The lowest BCUT2D eigenvalue weighted by Gasteiger charge is -2.36. The largest absolute Gasteiger partial charge is 0.488 e. The molecule has 0 radical (unpaired) electrons. The second-order valence-corrected chi connectivity index (χ2v) is 9.07. The van der Waals surface area contributed by atoms with Gasteiger partial charge in [-0.3, -0.25) is 9.59 Å². The number of ether oxygens (including phenoxy) is 2. The number of pyridine rings is 2. The Hall–Kier alpha value is -3.19. The van der Waals surface area contributed by atoms with Crippen molar-refractivity contribution in [3.8, 4) is 5.75 Å². The van der Waals surface area contributed by atoms with E-state index in [1.807, 2.05) is 37.5 Å². The van der Waals surface area contributed by atoms with Crippen molar-refractivity contribution in [1.29, 1.82) is 0 Å². The van der Waals surface area contributed by atoms with Gasteiger partial charge in [0.25, 0.3) is 5.91 Å². The van der Waals surface area contributed by atoms with Crippen molar-refractivity contribution in [2.45, 2.75) is 58.4 Å². The second-order valence-electron chi connectivity index (χ2n) is 9.07. The molecule has 1 unspecified atom stereocenters. The van der Waals surface area contributed by atoms with Gasteiger partial charge in [-0.1, -0.05) is 24.3 Å². The van der Waals surface area contributed by atoms with Gasteiger partial charge in [0.2, 0.25) is 5.43 Å². The summed E-state index contributed by atoms with van der Waals surface area (Å²) in [4.78, 5) is 33.1. The zero-order chi connectivity index (χ0) is 23.1. The first-order valence-corrected chi connectivity index (χ1v) is 11.6. The van der Waals surface area contributed by atoms with Crippen LogP contribution in [0.4, 0.5) is 0 Å². The quantitative estimate of drug-likeness (QED) is 0.614. The van der Waals surface area contributed by atoms with Crippen LogP contribution in [0.15, 0.2) is 47.5 Å². The third-order valence-corrected chi connectivity index (χ3v) is 6.64. The molecule has 172 valence electrons. The summed E-state index contributed by atoms with van der Waals surface area (Å²) in [5.74, 6) is 0.294. The number of nitrogens with zero attached hydrogens (tertiary/aromatic N) is 3. The Balaban J connectivity index is 1.48. The molecule has 2 aromatic heterocycles. The van der Waals surface area contributed by atoms with Crippen LogP contribution in [0, 0.1) is 0 Å². The van der Waals surface area contributed by atoms with E-state index in [1.165, 1.54) is 11.1 Å². The van der Waals surface area contributed by atoms with E-state index in [9.17, 15) is 9.59 Å². The standard InChI is InChI=1S/C26H29N3O4/c1-4-28-14-23(26(31)29-13-17(3)32-15-16(29)2)24(30)22-11-21(12-27-25(22)28)33-20-9-18-7-5-6-8-19(18)10-20/h5-8,11-12,14,16-17,20H,4,9-10,13,15H2,1-3H3/t16?,17-/m1/s1. The minimum atomic E-state index is -0.307. The minimum Gasteiger partial charge on any atom is -0.488 e. The number of aromatic nitrogens is 2. The van der Waals surface area contributed by atoms with Crippen LogP contribution in [0.25, 0.3) is 11.0 Å². The predicted molar refractivity (Wildman–Crippen MR) is 126 cm³/mol. The zero-order valence-corrected chi connectivity index (χ0v) is 19.3. The monoisotopic (exact) mass is 447 g/mol. The Morgan fingerprint density at radius 2 is 1.94 bits per heavy atom. The lowest BCUT2D eigenvalue weighted by Crippen LogP contribution is -2.51. The van der Waals surface area contributed by atoms with E-state index < -0.39 is 0 Å². The van der Waals surface area contributed by atoms with Crippen molar-refractivity contribution < 1.29 is 14.3 Å². The summed E-state index contributed by atoms with van der Waals surface area (Å²) < 4.78 is 13.7. The first kappa shape index (κ1) is 21.6. The van der Waals surface area contributed by atoms with Crippen LogP contribution in [-0.2, 0) is 24.1 Å². The number of aryl methyl sites for hydroxylation is 1. The average molecular weight is 448 g/mol. The van der Waals surface area contributed by atoms with Gasteiger partial charge in [-0.15, -0.1) is 0 Å². The first-order chi connectivity index (χ1) is 15.9. The number of benzene rings is 1. The van der Waals surface area contributed by atoms with E-state index in [4.69, 9.17) is 9.47 Å². The molecule has 3 aromatic rings. The Morgan fingerprint density at radius 3 is 2.64 bits per heavy atom. The Bertz CT molecular complexity index is 1240. The third kappa shape index (κ3) is 4.02. The molecular weight excluding hydrogens is 418 g/mol. The first-order valence-electron chi connectivity index (χ1n) is 11.6. The maximum absolute atomic E-state index is 13.4. The number of rotatable bonds is 4. The summed E-state index contributed by atoms with van der Waals surface area (Å²) in [5.41, 5.74) is 3.01. The molecule has 1 aliphatic carbocycles. The van der Waals surface area contributed by atoms with Gasteiger partial charge in [0.05, 0.1) is 30.3 Å². The molecule has 0 saturated carbocycles. The number of hydrogen-bond donors (Lipinski definition) is 0. The summed E-state index contributed by atoms with van der Waals surface area (Å²) in [6.45, 7) is 7.37. The van der Waals surface area contributed by atoms with Gasteiger partial charge in [-0.2, -0.15) is 0 Å². The average Bonchev–Trinajstić information content (AvgIpc) is 3.23. The molecule has 0 spiro atoms. The Kier molecular flexibility index (Phi) is 5.66. The topological polar surface area (TPSA) is 73.7 Å². The fraction of sp³-hybridized carbons (Fsp3) is 0.423. The van der Waals surface area contributed by atoms with Crippen molar-refractivity contribution >= 4 is 16.9 Å². The smallest absolute Gasteiger partial charge is 0.259 e. The lowest BCUT2D eigenvalue weighted by atomic mass is 10.1. The number of carbonyl (C=O) groups is 1. The molecule has 1 amide bonds. The van der Waals surface area contributed by atoms with E-state index in [0.717, 1.165) is 12.8 Å². The molecule has 2 atom stereocenters. The van der Waals surface area contributed by atoms with Crippen LogP contribution in [-0.4, -0.2) is 51.8 Å². The predicted octanol–water partition coefficient (Wildman–Crippen LogP) is 3.21. The van der Waals surface area contributed by atoms with E-state index in [1.54, 1.807) is 23.4 Å². The van der Waals surface area contributed by atoms with Crippen LogP contribution in [0.5, 0.6) is 5.75 Å². The van der Waals surface area contributed by atoms with E-state index in [2.05, 4.69) is 17.1 Å². The highest BCUT2D eigenvalue weighted by Crippen LogP contribution is 2.26. The van der Waals surface area contributed by atoms with Gasteiger partial charge in [0.1, 0.15) is 23.1 Å². The Labute approximate surface area is 192 Å². The van der Waals surface area contributed by atoms with Crippen LogP contribution < -0.4 is 10.2 Å². The molecule has 1 aromatic carbocycles.